The van der Waals surface area contributed by atoms with Crippen LogP contribution in [0, 0.1) is 0 Å². The molecule has 0 aromatic carbocycles. The van der Waals surface area contributed by atoms with Crippen molar-refractivity contribution >= 4 is 16.9 Å². The standard InChI is InChI=1S/C17H21F3N4O2/c1-11(21)10-26-5-2-15(25)23-3-4-24-14(9-23)7-12-6-13(17(18,19)20)8-22-16(12)24/h6-8,11H,2-5,9-10,21H2,1H3/t11-/m1/s1. The zero-order chi connectivity index (χ0) is 18.9. The number of pyridine rings is 1. The van der Waals surface area contributed by atoms with Crippen molar-refractivity contribution in [3.8, 4) is 0 Å². The Morgan fingerprint density at radius 3 is 2.85 bits per heavy atom. The smallest absolute Gasteiger partial charge is 0.379 e. The molecule has 3 rings (SSSR count). The molecule has 0 bridgehead atoms. The van der Waals surface area contributed by atoms with Gasteiger partial charge in [-0.1, -0.05) is 0 Å². The predicted octanol–water partition coefficient (Wildman–Crippen LogP) is 2.15. The number of carbonyl (C=O) groups is 1. The molecule has 142 valence electrons. The number of hydrogen-bond donors (Lipinski definition) is 1. The minimum atomic E-state index is -4.42. The van der Waals surface area contributed by atoms with E-state index in [1.54, 1.807) is 11.0 Å². The van der Waals surface area contributed by atoms with E-state index in [2.05, 4.69) is 4.98 Å². The van der Waals surface area contributed by atoms with Crippen LogP contribution in [-0.2, 0) is 28.8 Å². The summed E-state index contributed by atoms with van der Waals surface area (Å²) in [6.45, 7) is 3.87. The zero-order valence-corrected chi connectivity index (χ0v) is 14.4. The van der Waals surface area contributed by atoms with Crippen LogP contribution in [0.15, 0.2) is 18.3 Å². The molecule has 0 fully saturated rings. The fourth-order valence-electron chi connectivity index (χ4n) is 3.03. The van der Waals surface area contributed by atoms with Crippen LogP contribution in [0.5, 0.6) is 0 Å². The molecule has 1 aliphatic heterocycles. The molecule has 26 heavy (non-hydrogen) atoms. The molecule has 0 spiro atoms. The molecule has 0 saturated heterocycles. The Kier molecular flexibility index (Phi) is 5.19. The highest BCUT2D eigenvalue weighted by Crippen LogP contribution is 2.32. The molecule has 1 amide bonds. The van der Waals surface area contributed by atoms with Crippen LogP contribution in [0.25, 0.3) is 11.0 Å². The summed E-state index contributed by atoms with van der Waals surface area (Å²) in [6.07, 6.45) is -3.32. The van der Waals surface area contributed by atoms with Crippen LogP contribution in [0.4, 0.5) is 13.2 Å². The van der Waals surface area contributed by atoms with E-state index in [0.717, 1.165) is 18.0 Å². The molecule has 2 N–H and O–H groups in total. The van der Waals surface area contributed by atoms with E-state index in [1.165, 1.54) is 0 Å². The van der Waals surface area contributed by atoms with E-state index in [4.69, 9.17) is 10.5 Å². The van der Waals surface area contributed by atoms with Gasteiger partial charge in [0.2, 0.25) is 5.91 Å². The van der Waals surface area contributed by atoms with E-state index in [9.17, 15) is 18.0 Å². The van der Waals surface area contributed by atoms with Gasteiger partial charge < -0.3 is 19.9 Å². The van der Waals surface area contributed by atoms with Gasteiger partial charge in [-0.15, -0.1) is 0 Å². The lowest BCUT2D eigenvalue weighted by atomic mass is 10.2. The number of hydrogen-bond acceptors (Lipinski definition) is 4. The maximum atomic E-state index is 12.8. The van der Waals surface area contributed by atoms with Gasteiger partial charge >= 0.3 is 6.18 Å². The Morgan fingerprint density at radius 2 is 2.15 bits per heavy atom. The number of fused-ring (bicyclic) bond motifs is 3. The Balaban J connectivity index is 1.69. The first kappa shape index (κ1) is 18.7. The van der Waals surface area contributed by atoms with Crippen molar-refractivity contribution < 1.29 is 22.7 Å². The summed E-state index contributed by atoms with van der Waals surface area (Å²) in [6, 6.07) is 2.69. The second-order valence-corrected chi connectivity index (χ2v) is 6.54. The summed E-state index contributed by atoms with van der Waals surface area (Å²) in [5, 5.41) is 0.435. The fourth-order valence-corrected chi connectivity index (χ4v) is 3.03. The topological polar surface area (TPSA) is 73.4 Å². The van der Waals surface area contributed by atoms with Crippen molar-refractivity contribution in [1.82, 2.24) is 14.5 Å². The van der Waals surface area contributed by atoms with Gasteiger partial charge in [0.1, 0.15) is 5.65 Å². The molecule has 9 heteroatoms. The van der Waals surface area contributed by atoms with Crippen LogP contribution in [-0.4, -0.2) is 46.2 Å². The molecule has 0 radical (unpaired) electrons. The lowest BCUT2D eigenvalue weighted by Crippen LogP contribution is -2.38. The molecule has 2 aromatic rings. The number of nitrogens with zero attached hydrogens (tertiary/aromatic N) is 3. The lowest BCUT2D eigenvalue weighted by molar-refractivity contribution is -0.137. The normalized spacial score (nSPS) is 16.0. The number of ether oxygens (including phenoxy) is 1. The van der Waals surface area contributed by atoms with Crippen molar-refractivity contribution in [3.63, 3.8) is 0 Å². The van der Waals surface area contributed by atoms with Gasteiger partial charge in [-0.2, -0.15) is 13.2 Å². The number of aromatic nitrogens is 2. The van der Waals surface area contributed by atoms with Gasteiger partial charge in [0, 0.05) is 36.4 Å². The highest BCUT2D eigenvalue weighted by Gasteiger charge is 2.32. The van der Waals surface area contributed by atoms with Crippen molar-refractivity contribution in [2.75, 3.05) is 19.8 Å². The molecule has 1 aliphatic rings. The van der Waals surface area contributed by atoms with Gasteiger partial charge in [-0.25, -0.2) is 4.98 Å². The van der Waals surface area contributed by atoms with Gasteiger partial charge in [0.05, 0.1) is 31.7 Å². The average molecular weight is 370 g/mol. The highest BCUT2D eigenvalue weighted by molar-refractivity contribution is 5.80. The summed E-state index contributed by atoms with van der Waals surface area (Å²) < 4.78 is 45.7. The predicted molar refractivity (Wildman–Crippen MR) is 89.2 cm³/mol. The molecular weight excluding hydrogens is 349 g/mol. The first-order valence-corrected chi connectivity index (χ1v) is 8.42. The van der Waals surface area contributed by atoms with Gasteiger partial charge in [0.15, 0.2) is 0 Å². The molecule has 0 unspecified atom stereocenters. The minimum absolute atomic E-state index is 0.0462. The summed E-state index contributed by atoms with van der Waals surface area (Å²) in [5.41, 5.74) is 6.10. The number of nitrogens with two attached hydrogens (primary N) is 1. The summed E-state index contributed by atoms with van der Waals surface area (Å²) in [4.78, 5) is 18.0. The molecule has 1 atom stereocenters. The van der Waals surface area contributed by atoms with Gasteiger partial charge in [-0.3, -0.25) is 4.79 Å². The van der Waals surface area contributed by atoms with E-state index in [1.807, 2.05) is 11.5 Å². The van der Waals surface area contributed by atoms with E-state index in [-0.39, 0.29) is 18.4 Å². The largest absolute Gasteiger partial charge is 0.417 e. The Bertz CT molecular complexity index is 801. The van der Waals surface area contributed by atoms with Crippen LogP contribution < -0.4 is 5.73 Å². The maximum absolute atomic E-state index is 12.8. The lowest BCUT2D eigenvalue weighted by Gasteiger charge is -2.28. The molecule has 2 aromatic heterocycles. The molecule has 0 saturated carbocycles. The van der Waals surface area contributed by atoms with E-state index < -0.39 is 11.7 Å². The van der Waals surface area contributed by atoms with Crippen LogP contribution >= 0.6 is 0 Å². The fraction of sp³-hybridized carbons (Fsp3) is 0.529. The molecule has 0 aliphatic carbocycles. The first-order valence-electron chi connectivity index (χ1n) is 8.42. The zero-order valence-electron chi connectivity index (χ0n) is 14.4. The van der Waals surface area contributed by atoms with Crippen LogP contribution in [0.3, 0.4) is 0 Å². The number of carbonyl (C=O) groups excluding carboxylic acids is 1. The molecule has 6 nitrogen and oxygen atoms in total. The average Bonchev–Trinajstić information content (AvgIpc) is 2.94. The van der Waals surface area contributed by atoms with Gasteiger partial charge in [0.25, 0.3) is 0 Å². The Hall–Kier alpha value is -2.13. The maximum Gasteiger partial charge on any atom is 0.417 e. The second kappa shape index (κ2) is 7.24. The third-order valence-corrected chi connectivity index (χ3v) is 4.29. The van der Waals surface area contributed by atoms with Crippen LogP contribution in [0.1, 0.15) is 24.6 Å². The second-order valence-electron chi connectivity index (χ2n) is 6.54. The van der Waals surface area contributed by atoms with Crippen molar-refractivity contribution in [1.29, 1.82) is 0 Å². The van der Waals surface area contributed by atoms with Crippen molar-refractivity contribution in [2.45, 2.75) is 38.7 Å². The third kappa shape index (κ3) is 3.99. The first-order chi connectivity index (χ1) is 12.3. The number of rotatable bonds is 5. The Labute approximate surface area is 148 Å². The minimum Gasteiger partial charge on any atom is -0.379 e. The molecular formula is C17H21F3N4O2. The van der Waals surface area contributed by atoms with Crippen molar-refractivity contribution in [2.24, 2.45) is 5.73 Å². The highest BCUT2D eigenvalue weighted by atomic mass is 19.4. The number of amides is 1. The van der Waals surface area contributed by atoms with Crippen LogP contribution in [0.2, 0.25) is 0 Å². The summed E-state index contributed by atoms with van der Waals surface area (Å²) in [5.74, 6) is -0.0462. The summed E-state index contributed by atoms with van der Waals surface area (Å²) in [7, 11) is 0. The van der Waals surface area contributed by atoms with Gasteiger partial charge in [-0.05, 0) is 19.1 Å². The summed E-state index contributed by atoms with van der Waals surface area (Å²) >= 11 is 0. The monoisotopic (exact) mass is 370 g/mol. The SMILES string of the molecule is C[C@@H](N)COCCC(=O)N1CCn2c(cc3cc(C(F)(F)F)cnc32)C1. The third-order valence-electron chi connectivity index (χ3n) is 4.29. The van der Waals surface area contributed by atoms with E-state index in [0.29, 0.717) is 43.9 Å². The molecule has 3 heterocycles. The Morgan fingerprint density at radius 1 is 1.38 bits per heavy atom. The van der Waals surface area contributed by atoms with E-state index >= 15 is 0 Å². The van der Waals surface area contributed by atoms with Crippen molar-refractivity contribution in [3.05, 3.63) is 29.6 Å². The quantitative estimate of drug-likeness (QED) is 0.819. The number of alkyl halides is 3. The number of halogens is 3.